The molecule has 5 heteroatoms. The largest absolute Gasteiger partial charge is 0.374 e. The van der Waals surface area contributed by atoms with Crippen molar-refractivity contribution in [3.63, 3.8) is 0 Å². The van der Waals surface area contributed by atoms with Gasteiger partial charge in [-0.25, -0.2) is 0 Å². The number of hydrogen-bond acceptors (Lipinski definition) is 5. The smallest absolute Gasteiger partial charge is 0.0783 e. The van der Waals surface area contributed by atoms with Gasteiger partial charge in [0.1, 0.15) is 0 Å². The highest BCUT2D eigenvalue weighted by Crippen LogP contribution is 2.44. The van der Waals surface area contributed by atoms with Crippen LogP contribution < -0.4 is 5.32 Å². The summed E-state index contributed by atoms with van der Waals surface area (Å²) in [4.78, 5) is 0. The fraction of sp³-hybridized carbons (Fsp3) is 0.750. The van der Waals surface area contributed by atoms with E-state index >= 15 is 0 Å². The van der Waals surface area contributed by atoms with Crippen molar-refractivity contribution in [1.29, 1.82) is 0 Å². The molecule has 4 nitrogen and oxygen atoms in total. The molecule has 3 heterocycles. The van der Waals surface area contributed by atoms with E-state index in [1.807, 2.05) is 18.7 Å². The van der Waals surface area contributed by atoms with Crippen LogP contribution in [0.2, 0.25) is 0 Å². The van der Waals surface area contributed by atoms with Crippen LogP contribution in [0.3, 0.4) is 0 Å². The average Bonchev–Trinajstić information content (AvgIpc) is 2.91. The minimum absolute atomic E-state index is 0.131. The highest BCUT2D eigenvalue weighted by Gasteiger charge is 2.42. The third-order valence-electron chi connectivity index (χ3n) is 4.86. The number of rotatable bonds is 3. The van der Waals surface area contributed by atoms with E-state index in [1.165, 1.54) is 17.7 Å². The number of aromatic nitrogens is 2. The molecule has 3 rings (SSSR count). The first-order chi connectivity index (χ1) is 10.1. The van der Waals surface area contributed by atoms with Gasteiger partial charge in [-0.05, 0) is 63.5 Å². The minimum Gasteiger partial charge on any atom is -0.374 e. The first kappa shape index (κ1) is 15.3. The summed E-state index contributed by atoms with van der Waals surface area (Å²) < 4.78 is 6.16. The van der Waals surface area contributed by atoms with Gasteiger partial charge in [0.25, 0.3) is 0 Å². The van der Waals surface area contributed by atoms with Gasteiger partial charge in [0.2, 0.25) is 0 Å². The van der Waals surface area contributed by atoms with Crippen molar-refractivity contribution in [3.8, 4) is 0 Å². The summed E-state index contributed by atoms with van der Waals surface area (Å²) in [5.74, 6) is 3.02. The fourth-order valence-corrected chi connectivity index (χ4v) is 5.12. The lowest BCUT2D eigenvalue weighted by Crippen LogP contribution is -2.43. The molecule has 0 radical (unpaired) electrons. The Balaban J connectivity index is 1.84. The number of thioether (sulfide) groups is 1. The summed E-state index contributed by atoms with van der Waals surface area (Å²) in [6.07, 6.45) is 3.49. The lowest BCUT2D eigenvalue weighted by atomic mass is 9.79. The van der Waals surface area contributed by atoms with Crippen LogP contribution in [0.15, 0.2) is 6.07 Å². The van der Waals surface area contributed by atoms with E-state index in [2.05, 4.69) is 35.6 Å². The molecule has 1 aromatic rings. The van der Waals surface area contributed by atoms with Crippen molar-refractivity contribution in [3.05, 3.63) is 23.0 Å². The second-order valence-corrected chi connectivity index (χ2v) is 7.48. The number of ether oxygens (including phenoxy) is 1. The van der Waals surface area contributed by atoms with E-state index in [0.717, 1.165) is 36.6 Å². The third kappa shape index (κ3) is 3.10. The van der Waals surface area contributed by atoms with Crippen molar-refractivity contribution >= 4 is 11.8 Å². The van der Waals surface area contributed by atoms with Crippen LogP contribution in [-0.4, -0.2) is 41.0 Å². The van der Waals surface area contributed by atoms with Crippen molar-refractivity contribution in [2.24, 2.45) is 5.92 Å². The quantitative estimate of drug-likeness (QED) is 0.930. The summed E-state index contributed by atoms with van der Waals surface area (Å²) in [5, 5.41) is 12.0. The molecule has 3 atom stereocenters. The van der Waals surface area contributed by atoms with Gasteiger partial charge in [-0.15, -0.1) is 0 Å². The zero-order chi connectivity index (χ0) is 14.9. The fourth-order valence-electron chi connectivity index (χ4n) is 3.74. The van der Waals surface area contributed by atoms with Crippen LogP contribution >= 0.6 is 11.8 Å². The highest BCUT2D eigenvalue weighted by molar-refractivity contribution is 7.99. The number of hydrogen-bond donors (Lipinski definition) is 1. The number of nitrogens with zero attached hydrogens (tertiary/aromatic N) is 2. The highest BCUT2D eigenvalue weighted by atomic mass is 32.2. The molecular weight excluding hydrogens is 282 g/mol. The Morgan fingerprint density at radius 3 is 3.00 bits per heavy atom. The summed E-state index contributed by atoms with van der Waals surface area (Å²) in [7, 11) is 2.06. The molecule has 0 bridgehead atoms. The molecule has 1 N–H and O–H groups in total. The van der Waals surface area contributed by atoms with Gasteiger partial charge >= 0.3 is 0 Å². The van der Waals surface area contributed by atoms with Gasteiger partial charge < -0.3 is 10.1 Å². The van der Waals surface area contributed by atoms with E-state index in [0.29, 0.717) is 12.0 Å². The van der Waals surface area contributed by atoms with Gasteiger partial charge in [-0.3, -0.25) is 0 Å². The van der Waals surface area contributed by atoms with Crippen molar-refractivity contribution in [2.45, 2.75) is 44.8 Å². The van der Waals surface area contributed by atoms with E-state index in [4.69, 9.17) is 4.74 Å². The Kier molecular flexibility index (Phi) is 4.52. The molecule has 0 saturated carbocycles. The van der Waals surface area contributed by atoms with E-state index < -0.39 is 0 Å². The summed E-state index contributed by atoms with van der Waals surface area (Å²) in [5.41, 5.74) is 3.47. The van der Waals surface area contributed by atoms with Gasteiger partial charge in [0, 0.05) is 18.4 Å². The van der Waals surface area contributed by atoms with Crippen molar-refractivity contribution in [2.75, 3.05) is 25.2 Å². The zero-order valence-corrected chi connectivity index (χ0v) is 14.0. The number of nitrogens with one attached hydrogen (secondary N) is 1. The first-order valence-electron chi connectivity index (χ1n) is 7.83. The first-order valence-corrected chi connectivity index (χ1v) is 8.99. The van der Waals surface area contributed by atoms with Gasteiger partial charge in [-0.2, -0.15) is 22.0 Å². The van der Waals surface area contributed by atoms with Crippen LogP contribution in [0.4, 0.5) is 0 Å². The molecule has 3 unspecified atom stereocenters. The lowest BCUT2D eigenvalue weighted by Gasteiger charge is -2.41. The Bertz CT molecular complexity index is 502. The molecule has 0 aliphatic carbocycles. The monoisotopic (exact) mass is 307 g/mol. The van der Waals surface area contributed by atoms with E-state index in [9.17, 15) is 0 Å². The maximum Gasteiger partial charge on any atom is 0.0783 e. The predicted octanol–water partition coefficient (Wildman–Crippen LogP) is 2.66. The second kappa shape index (κ2) is 6.23. The lowest BCUT2D eigenvalue weighted by molar-refractivity contribution is -0.0851. The minimum atomic E-state index is 0.131. The summed E-state index contributed by atoms with van der Waals surface area (Å²) >= 11 is 2.03. The third-order valence-corrected chi connectivity index (χ3v) is 6.08. The molecular formula is C16H25N3OS. The van der Waals surface area contributed by atoms with Crippen LogP contribution in [0.1, 0.15) is 42.3 Å². The van der Waals surface area contributed by atoms with Crippen LogP contribution in [-0.2, 0) is 4.74 Å². The molecule has 0 amide bonds. The van der Waals surface area contributed by atoms with Crippen molar-refractivity contribution in [1.82, 2.24) is 15.5 Å². The zero-order valence-electron chi connectivity index (χ0n) is 13.2. The van der Waals surface area contributed by atoms with Crippen LogP contribution in [0.5, 0.6) is 0 Å². The summed E-state index contributed by atoms with van der Waals surface area (Å²) in [6.45, 7) is 4.97. The molecule has 2 fully saturated rings. The SMILES string of the molecule is CNC(c1cc(C)nnc1C)C1CCOC2(CCSC2)C1. The maximum atomic E-state index is 6.16. The molecule has 2 saturated heterocycles. The molecule has 2 aliphatic heterocycles. The average molecular weight is 307 g/mol. The standard InChI is InChI=1S/C16H25N3OS/c1-11-8-14(12(2)19-18-11)15(17-3)13-4-6-20-16(9-13)5-7-21-10-16/h8,13,15,17H,4-7,9-10H2,1-3H3. The number of aryl methyl sites for hydroxylation is 2. The second-order valence-electron chi connectivity index (χ2n) is 6.38. The molecule has 0 aromatic carbocycles. The molecule has 116 valence electrons. The van der Waals surface area contributed by atoms with E-state index in [-0.39, 0.29) is 5.60 Å². The molecule has 21 heavy (non-hydrogen) atoms. The van der Waals surface area contributed by atoms with Gasteiger partial charge in [-0.1, -0.05) is 0 Å². The molecule has 1 spiro atoms. The van der Waals surface area contributed by atoms with Crippen LogP contribution in [0.25, 0.3) is 0 Å². The Morgan fingerprint density at radius 1 is 1.43 bits per heavy atom. The normalized spacial score (nSPS) is 30.7. The topological polar surface area (TPSA) is 47.0 Å². The summed E-state index contributed by atoms with van der Waals surface area (Å²) in [6, 6.07) is 2.54. The maximum absolute atomic E-state index is 6.16. The van der Waals surface area contributed by atoms with Crippen molar-refractivity contribution < 1.29 is 4.74 Å². The van der Waals surface area contributed by atoms with Crippen LogP contribution in [0, 0.1) is 19.8 Å². The Labute approximate surface area is 131 Å². The molecule has 2 aliphatic rings. The predicted molar refractivity (Wildman–Crippen MR) is 86.7 cm³/mol. The Hall–Kier alpha value is -0.650. The van der Waals surface area contributed by atoms with E-state index in [1.54, 1.807) is 0 Å². The molecule has 1 aromatic heterocycles. The Morgan fingerprint density at radius 2 is 2.29 bits per heavy atom. The van der Waals surface area contributed by atoms with Gasteiger partial charge in [0.15, 0.2) is 0 Å². The van der Waals surface area contributed by atoms with Gasteiger partial charge in [0.05, 0.1) is 17.0 Å².